The van der Waals surface area contributed by atoms with Gasteiger partial charge in [-0.15, -0.1) is 0 Å². The minimum absolute atomic E-state index is 0.397. The zero-order chi connectivity index (χ0) is 16.9. The van der Waals surface area contributed by atoms with Crippen molar-refractivity contribution >= 4 is 0 Å². The molecule has 6 heteroatoms. The molecule has 6 nitrogen and oxygen atoms in total. The summed E-state index contributed by atoms with van der Waals surface area (Å²) in [6, 6.07) is 9.85. The number of nitrogens with zero attached hydrogens (tertiary/aromatic N) is 4. The van der Waals surface area contributed by atoms with Gasteiger partial charge in [-0.2, -0.15) is 0 Å². The summed E-state index contributed by atoms with van der Waals surface area (Å²) in [5, 5.41) is 0. The lowest BCUT2D eigenvalue weighted by atomic mass is 10.1. The normalized spacial score (nSPS) is 18.0. The van der Waals surface area contributed by atoms with Crippen molar-refractivity contribution in [2.75, 3.05) is 13.2 Å². The second-order valence-electron chi connectivity index (χ2n) is 6.49. The molecule has 0 amide bonds. The fraction of sp³-hybridized carbons (Fsp3) is 0.368. The highest BCUT2D eigenvalue weighted by Gasteiger charge is 2.22. The van der Waals surface area contributed by atoms with Gasteiger partial charge in [0, 0.05) is 37.9 Å². The van der Waals surface area contributed by atoms with E-state index in [0.29, 0.717) is 19.1 Å². The van der Waals surface area contributed by atoms with Crippen LogP contribution in [0.15, 0.2) is 59.7 Å². The highest BCUT2D eigenvalue weighted by Crippen LogP contribution is 2.19. The molecule has 1 aliphatic heterocycles. The standard InChI is InChI=1S/C19H22N4O2/c1-2-6-21-17(4-1)14-24-13-16-9-22(12-19-5-3-7-25-19)11-18-8-20-15-23(18)10-16/h1-8,15-16H,9-14H2/t16-/m0/s1. The van der Waals surface area contributed by atoms with Crippen molar-refractivity contribution in [3.8, 4) is 0 Å². The van der Waals surface area contributed by atoms with Crippen LogP contribution in [0.25, 0.3) is 0 Å². The van der Waals surface area contributed by atoms with Crippen molar-refractivity contribution in [3.05, 3.63) is 72.5 Å². The van der Waals surface area contributed by atoms with Crippen LogP contribution in [-0.2, 0) is 31.0 Å². The number of aromatic nitrogens is 3. The van der Waals surface area contributed by atoms with Crippen LogP contribution in [0.3, 0.4) is 0 Å². The minimum Gasteiger partial charge on any atom is -0.468 e. The molecule has 0 spiro atoms. The maximum absolute atomic E-state index is 5.94. The van der Waals surface area contributed by atoms with Crippen LogP contribution >= 0.6 is 0 Å². The summed E-state index contributed by atoms with van der Waals surface area (Å²) in [5.74, 6) is 1.38. The molecule has 0 radical (unpaired) electrons. The van der Waals surface area contributed by atoms with Crippen molar-refractivity contribution < 1.29 is 9.15 Å². The lowest BCUT2D eigenvalue weighted by Gasteiger charge is -2.23. The van der Waals surface area contributed by atoms with E-state index in [2.05, 4.69) is 19.4 Å². The zero-order valence-corrected chi connectivity index (χ0v) is 14.1. The van der Waals surface area contributed by atoms with Gasteiger partial charge in [0.05, 0.1) is 43.7 Å². The first-order chi connectivity index (χ1) is 12.4. The number of fused-ring (bicyclic) bond motifs is 1. The largest absolute Gasteiger partial charge is 0.468 e. The summed E-state index contributed by atoms with van der Waals surface area (Å²) in [6.07, 6.45) is 7.39. The molecule has 130 valence electrons. The molecule has 1 aliphatic rings. The number of rotatable bonds is 6. The molecule has 0 aromatic carbocycles. The summed E-state index contributed by atoms with van der Waals surface area (Å²) in [6.45, 7) is 4.80. The lowest BCUT2D eigenvalue weighted by Crippen LogP contribution is -2.29. The van der Waals surface area contributed by atoms with Gasteiger partial charge >= 0.3 is 0 Å². The van der Waals surface area contributed by atoms with Crippen LogP contribution in [0.1, 0.15) is 17.1 Å². The van der Waals surface area contributed by atoms with Gasteiger partial charge in [0.2, 0.25) is 0 Å². The lowest BCUT2D eigenvalue weighted by molar-refractivity contribution is 0.0637. The smallest absolute Gasteiger partial charge is 0.117 e. The summed E-state index contributed by atoms with van der Waals surface area (Å²) >= 11 is 0. The second kappa shape index (κ2) is 7.63. The Labute approximate surface area is 147 Å². The quantitative estimate of drug-likeness (QED) is 0.692. The third kappa shape index (κ3) is 4.15. The van der Waals surface area contributed by atoms with Gasteiger partial charge in [-0.25, -0.2) is 4.98 Å². The van der Waals surface area contributed by atoms with Crippen LogP contribution < -0.4 is 0 Å². The minimum atomic E-state index is 0.397. The van der Waals surface area contributed by atoms with Crippen molar-refractivity contribution in [3.63, 3.8) is 0 Å². The average molecular weight is 338 g/mol. The molecule has 1 atom stereocenters. The Hall–Kier alpha value is -2.44. The molecular formula is C19H22N4O2. The maximum Gasteiger partial charge on any atom is 0.117 e. The Kier molecular flexibility index (Phi) is 4.90. The number of ether oxygens (including phenoxy) is 1. The molecule has 3 aromatic heterocycles. The fourth-order valence-corrected chi connectivity index (χ4v) is 3.30. The number of furan rings is 1. The van der Waals surface area contributed by atoms with Gasteiger partial charge in [0.15, 0.2) is 0 Å². The van der Waals surface area contributed by atoms with Crippen molar-refractivity contribution in [1.82, 2.24) is 19.4 Å². The Morgan fingerprint density at radius 2 is 2.20 bits per heavy atom. The van der Waals surface area contributed by atoms with Gasteiger partial charge in [0.1, 0.15) is 5.76 Å². The van der Waals surface area contributed by atoms with E-state index in [9.17, 15) is 0 Å². The topological polar surface area (TPSA) is 56.3 Å². The first-order valence-electron chi connectivity index (χ1n) is 8.58. The monoisotopic (exact) mass is 338 g/mol. The van der Waals surface area contributed by atoms with Crippen molar-refractivity contribution in [2.24, 2.45) is 5.92 Å². The SMILES string of the molecule is c1ccc(COC[C@H]2CN(Cc3ccco3)Cc3cncn3C2)nc1. The zero-order valence-electron chi connectivity index (χ0n) is 14.1. The van der Waals surface area contributed by atoms with Gasteiger partial charge < -0.3 is 13.7 Å². The highest BCUT2D eigenvalue weighted by atomic mass is 16.5. The Morgan fingerprint density at radius 1 is 1.20 bits per heavy atom. The van der Waals surface area contributed by atoms with Crippen LogP contribution in [0, 0.1) is 5.92 Å². The molecule has 0 saturated heterocycles. The molecule has 0 unspecified atom stereocenters. The molecule has 4 heterocycles. The first-order valence-corrected chi connectivity index (χ1v) is 8.58. The highest BCUT2D eigenvalue weighted by molar-refractivity contribution is 5.04. The van der Waals surface area contributed by atoms with Gasteiger partial charge in [-0.3, -0.25) is 9.88 Å². The van der Waals surface area contributed by atoms with E-state index in [1.165, 1.54) is 5.69 Å². The summed E-state index contributed by atoms with van der Waals surface area (Å²) in [5.41, 5.74) is 2.20. The third-order valence-corrected chi connectivity index (χ3v) is 4.44. The number of pyridine rings is 1. The molecule has 4 rings (SSSR count). The van der Waals surface area contributed by atoms with E-state index < -0.39 is 0 Å². The van der Waals surface area contributed by atoms with Crippen LogP contribution in [0.4, 0.5) is 0 Å². The fourth-order valence-electron chi connectivity index (χ4n) is 3.30. The number of hydrogen-bond donors (Lipinski definition) is 0. The van der Waals surface area contributed by atoms with Gasteiger partial charge in [-0.05, 0) is 24.3 Å². The maximum atomic E-state index is 5.94. The second-order valence-corrected chi connectivity index (χ2v) is 6.49. The van der Waals surface area contributed by atoms with E-state index in [1.807, 2.05) is 42.9 Å². The van der Waals surface area contributed by atoms with E-state index in [0.717, 1.165) is 37.6 Å². The first kappa shape index (κ1) is 16.1. The molecule has 0 fully saturated rings. The molecular weight excluding hydrogens is 316 g/mol. The van der Waals surface area contributed by atoms with Gasteiger partial charge in [0.25, 0.3) is 0 Å². The van der Waals surface area contributed by atoms with Crippen LogP contribution in [-0.4, -0.2) is 32.6 Å². The molecule has 0 bridgehead atoms. The van der Waals surface area contributed by atoms with E-state index in [-0.39, 0.29) is 0 Å². The van der Waals surface area contributed by atoms with Gasteiger partial charge in [-0.1, -0.05) is 6.07 Å². The van der Waals surface area contributed by atoms with Crippen LogP contribution in [0.2, 0.25) is 0 Å². The average Bonchev–Trinajstić information content (AvgIpc) is 3.25. The third-order valence-electron chi connectivity index (χ3n) is 4.44. The summed E-state index contributed by atoms with van der Waals surface area (Å²) < 4.78 is 13.7. The predicted molar refractivity (Wildman–Crippen MR) is 92.4 cm³/mol. The summed E-state index contributed by atoms with van der Waals surface area (Å²) in [7, 11) is 0. The van der Waals surface area contributed by atoms with E-state index >= 15 is 0 Å². The number of hydrogen-bond acceptors (Lipinski definition) is 5. The number of imidazole rings is 1. The Balaban J connectivity index is 1.40. The molecule has 0 aliphatic carbocycles. The Bertz CT molecular complexity index is 770. The molecule has 3 aromatic rings. The van der Waals surface area contributed by atoms with E-state index in [1.54, 1.807) is 12.5 Å². The van der Waals surface area contributed by atoms with E-state index in [4.69, 9.17) is 9.15 Å². The molecule has 25 heavy (non-hydrogen) atoms. The molecule has 0 saturated carbocycles. The van der Waals surface area contributed by atoms with Crippen LogP contribution in [0.5, 0.6) is 0 Å². The summed E-state index contributed by atoms with van der Waals surface area (Å²) in [4.78, 5) is 11.0. The predicted octanol–water partition coefficient (Wildman–Crippen LogP) is 2.72. The Morgan fingerprint density at radius 3 is 3.04 bits per heavy atom. The molecule has 0 N–H and O–H groups in total. The van der Waals surface area contributed by atoms with Crippen molar-refractivity contribution in [2.45, 2.75) is 26.2 Å². The van der Waals surface area contributed by atoms with Crippen molar-refractivity contribution in [1.29, 1.82) is 0 Å².